The normalized spacial score (nSPS) is 2.40. The second kappa shape index (κ2) is 70.9. The van der Waals surface area contributed by atoms with Crippen LogP contribution in [0, 0.1) is 0 Å². The quantitative estimate of drug-likeness (QED) is 0.185. The fourth-order valence-corrected chi connectivity index (χ4v) is 0. The first-order valence-corrected chi connectivity index (χ1v) is 0.400. The molecule has 0 spiro atoms. The van der Waals surface area contributed by atoms with Crippen LogP contribution in [0.5, 0.6) is 0 Å². The van der Waals surface area contributed by atoms with Crippen LogP contribution >= 0.6 is 0 Å². The molecule has 0 heterocycles. The van der Waals surface area contributed by atoms with E-state index in [1.165, 1.54) is 0 Å². The monoisotopic (exact) mass is 110 g/mol. The van der Waals surface area contributed by atoms with Crippen molar-refractivity contribution in [3.05, 3.63) is 0 Å². The number of hydrogen-bond donors (Lipinski definition) is 4. The van der Waals surface area contributed by atoms with Gasteiger partial charge in [0.1, 0.15) is 0 Å². The summed E-state index contributed by atoms with van der Waals surface area (Å²) in [4.78, 5) is 0. The Morgan fingerprint density at radius 2 is 0.600 bits per heavy atom. The zero-order chi connectivity index (χ0) is 4.00. The van der Waals surface area contributed by atoms with E-state index < -0.39 is 0 Å². The van der Waals surface area contributed by atoms with Crippen molar-refractivity contribution in [1.29, 1.82) is 0 Å². The van der Waals surface area contributed by atoms with Crippen molar-refractivity contribution >= 4 is 37.7 Å². The Balaban J connectivity index is -0.0000000133. The molecule has 5 heteroatoms. The summed E-state index contributed by atoms with van der Waals surface area (Å²) in [5, 5.41) is 24.0. The summed E-state index contributed by atoms with van der Waals surface area (Å²) in [6.07, 6.45) is 0. The SMILES string of the molecule is OO.OO.[CaH2]. The molecule has 0 atom stereocenters. The second-order valence-corrected chi connectivity index (χ2v) is 0. The van der Waals surface area contributed by atoms with E-state index in [0.717, 1.165) is 0 Å². The fraction of sp³-hybridized carbons (Fsp3) is 0. The molecule has 32 valence electrons. The van der Waals surface area contributed by atoms with Crippen LogP contribution in [-0.2, 0) is 0 Å². The molecular formula is H6CaO4. The van der Waals surface area contributed by atoms with Gasteiger partial charge in [-0.1, -0.05) is 0 Å². The molecule has 0 aliphatic carbocycles. The average molecular weight is 110 g/mol. The Hall–Kier alpha value is 1.10. The van der Waals surface area contributed by atoms with E-state index >= 15 is 0 Å². The molecule has 0 saturated heterocycles. The topological polar surface area (TPSA) is 80.9 Å². The zero-order valence-electron chi connectivity index (χ0n) is 1.79. The van der Waals surface area contributed by atoms with Gasteiger partial charge in [0.05, 0.1) is 0 Å². The third-order valence-corrected chi connectivity index (χ3v) is 0. The minimum absolute atomic E-state index is 0. The van der Waals surface area contributed by atoms with Crippen LogP contribution in [-0.4, -0.2) is 58.8 Å². The van der Waals surface area contributed by atoms with Crippen LogP contribution in [0.15, 0.2) is 0 Å². The van der Waals surface area contributed by atoms with Crippen molar-refractivity contribution in [2.24, 2.45) is 0 Å². The van der Waals surface area contributed by atoms with E-state index in [1.807, 2.05) is 0 Å². The van der Waals surface area contributed by atoms with Crippen LogP contribution in [0.1, 0.15) is 0 Å². The van der Waals surface area contributed by atoms with Crippen LogP contribution in [0.2, 0.25) is 0 Å². The number of hydrogen-bond acceptors (Lipinski definition) is 4. The van der Waals surface area contributed by atoms with Gasteiger partial charge in [-0.05, 0) is 0 Å². The van der Waals surface area contributed by atoms with Crippen molar-refractivity contribution in [3.8, 4) is 0 Å². The van der Waals surface area contributed by atoms with E-state index in [2.05, 4.69) is 0 Å². The van der Waals surface area contributed by atoms with Crippen LogP contribution in [0.3, 0.4) is 0 Å². The Morgan fingerprint density at radius 3 is 0.600 bits per heavy atom. The molecule has 0 aromatic carbocycles. The van der Waals surface area contributed by atoms with Crippen molar-refractivity contribution in [3.63, 3.8) is 0 Å². The third-order valence-electron chi connectivity index (χ3n) is 0. The maximum absolute atomic E-state index is 6.00. The van der Waals surface area contributed by atoms with E-state index in [4.69, 9.17) is 21.0 Å². The van der Waals surface area contributed by atoms with Crippen molar-refractivity contribution < 1.29 is 21.0 Å². The summed E-state index contributed by atoms with van der Waals surface area (Å²) in [5.41, 5.74) is 0. The van der Waals surface area contributed by atoms with E-state index in [9.17, 15) is 0 Å². The maximum atomic E-state index is 6.00. The van der Waals surface area contributed by atoms with Gasteiger partial charge in [-0.3, -0.25) is 21.0 Å². The standard InChI is InChI=1S/Ca.2H2O2.2H/c;2*1-2;;/h;2*1-2H;;. The van der Waals surface area contributed by atoms with Gasteiger partial charge in [-0.2, -0.15) is 0 Å². The van der Waals surface area contributed by atoms with Gasteiger partial charge in [0, 0.05) is 0 Å². The Morgan fingerprint density at radius 1 is 0.600 bits per heavy atom. The molecule has 0 unspecified atom stereocenters. The van der Waals surface area contributed by atoms with Gasteiger partial charge in [0.15, 0.2) is 0 Å². The summed E-state index contributed by atoms with van der Waals surface area (Å²) in [6.45, 7) is 0. The van der Waals surface area contributed by atoms with Crippen molar-refractivity contribution in [1.82, 2.24) is 0 Å². The molecule has 4 nitrogen and oxygen atoms in total. The van der Waals surface area contributed by atoms with E-state index in [0.29, 0.717) is 0 Å². The summed E-state index contributed by atoms with van der Waals surface area (Å²) in [7, 11) is 0. The summed E-state index contributed by atoms with van der Waals surface area (Å²) in [5.74, 6) is 0. The molecule has 5 heavy (non-hydrogen) atoms. The number of rotatable bonds is 0. The molecule has 0 aliphatic heterocycles. The predicted molar refractivity (Wildman–Crippen MR) is 19.1 cm³/mol. The summed E-state index contributed by atoms with van der Waals surface area (Å²) < 4.78 is 0. The fourth-order valence-electron chi connectivity index (χ4n) is 0. The molecule has 0 aromatic heterocycles. The van der Waals surface area contributed by atoms with E-state index in [1.54, 1.807) is 0 Å². The van der Waals surface area contributed by atoms with Crippen LogP contribution in [0.4, 0.5) is 0 Å². The van der Waals surface area contributed by atoms with Crippen molar-refractivity contribution in [2.45, 2.75) is 0 Å². The van der Waals surface area contributed by atoms with Gasteiger partial charge >= 0.3 is 37.7 Å². The first-order chi connectivity index (χ1) is 2.00. The summed E-state index contributed by atoms with van der Waals surface area (Å²) >= 11 is 0. The van der Waals surface area contributed by atoms with Crippen LogP contribution in [0.25, 0.3) is 0 Å². The van der Waals surface area contributed by atoms with Crippen molar-refractivity contribution in [2.75, 3.05) is 0 Å². The molecule has 0 aliphatic rings. The van der Waals surface area contributed by atoms with Gasteiger partial charge in [0.25, 0.3) is 0 Å². The van der Waals surface area contributed by atoms with E-state index in [-0.39, 0.29) is 37.7 Å². The Bertz CT molecular complexity index is 3.61. The molecule has 4 N–H and O–H groups in total. The molecule has 0 amide bonds. The molecule has 0 aromatic rings. The van der Waals surface area contributed by atoms with Crippen LogP contribution < -0.4 is 0 Å². The molecule has 0 rings (SSSR count). The second-order valence-electron chi connectivity index (χ2n) is 0. The van der Waals surface area contributed by atoms with Gasteiger partial charge < -0.3 is 0 Å². The first kappa shape index (κ1) is 16.5. The third kappa shape index (κ3) is 40.5. The van der Waals surface area contributed by atoms with Gasteiger partial charge in [0.2, 0.25) is 0 Å². The molecule has 0 radical (unpaired) electrons. The predicted octanol–water partition coefficient (Wildman–Crippen LogP) is -0.881. The average Bonchev–Trinajstić information content (AvgIpc) is 1.50. The molecule has 0 saturated carbocycles. The molecule has 0 bridgehead atoms. The Labute approximate surface area is 58.5 Å². The van der Waals surface area contributed by atoms with Gasteiger partial charge in [-0.15, -0.1) is 0 Å². The van der Waals surface area contributed by atoms with Gasteiger partial charge in [-0.25, -0.2) is 0 Å². The zero-order valence-corrected chi connectivity index (χ0v) is 1.79. The first-order valence-electron chi connectivity index (χ1n) is 0.400. The summed E-state index contributed by atoms with van der Waals surface area (Å²) in [6, 6.07) is 0. The Kier molecular flexibility index (Phi) is 234. The molecular weight excluding hydrogens is 104 g/mol. The minimum atomic E-state index is 0. The molecule has 0 fully saturated rings.